The summed E-state index contributed by atoms with van der Waals surface area (Å²) in [6.45, 7) is 1.44. The minimum absolute atomic E-state index is 0.0286. The number of phenolic OH excluding ortho intramolecular Hbond substituents is 1. The number of carbonyl (C=O) groups is 6. The van der Waals surface area contributed by atoms with Gasteiger partial charge in [0.1, 0.15) is 5.75 Å². The molecule has 0 saturated heterocycles. The number of nitrogens with zero attached hydrogens (tertiary/aromatic N) is 1. The second-order valence-corrected chi connectivity index (χ2v) is 9.80. The van der Waals surface area contributed by atoms with Crippen LogP contribution in [-0.4, -0.2) is 75.8 Å². The van der Waals surface area contributed by atoms with E-state index in [1.165, 1.54) is 32.0 Å². The maximum absolute atomic E-state index is 13.7. The van der Waals surface area contributed by atoms with Gasteiger partial charge in [0.05, 0.1) is 17.5 Å². The van der Waals surface area contributed by atoms with E-state index in [4.69, 9.17) is 5.73 Å². The maximum atomic E-state index is 13.7. The van der Waals surface area contributed by atoms with Crippen molar-refractivity contribution in [3.05, 3.63) is 28.8 Å². The molecule has 186 valence electrons. The van der Waals surface area contributed by atoms with Crippen LogP contribution in [-0.2, 0) is 36.9 Å². The van der Waals surface area contributed by atoms with Crippen LogP contribution in [0.15, 0.2) is 12.1 Å². The first-order valence-corrected chi connectivity index (χ1v) is 11.2. The Kier molecular flexibility index (Phi) is 5.89. The maximum Gasteiger partial charge on any atom is 0.235 e. The van der Waals surface area contributed by atoms with Crippen LogP contribution in [0.2, 0.25) is 0 Å². The number of hydrogen-bond donors (Lipinski definition) is 4. The number of rotatable bonds is 4. The standard InChI is InChI=1S/C24H27N3O8/c1-9(28)26-8-10-4-5-14(29)16-12(10)6-11-7-13-18(27(2)3)20(31)17(23(25)34)22(33)24(13,35)21(32)15(11)19(16)30/h4-5,11,13,15,17-18,29,35H,6-8H2,1-3H3,(H2,25,34)(H,26,28)/t11-,13-,15?,17?,18-,24-/m0/s1. The molecule has 3 aliphatic carbocycles. The van der Waals surface area contributed by atoms with Crippen LogP contribution >= 0.6 is 0 Å². The summed E-state index contributed by atoms with van der Waals surface area (Å²) in [7, 11) is 3.05. The number of nitrogens with two attached hydrogens (primary N) is 1. The summed E-state index contributed by atoms with van der Waals surface area (Å²) in [5, 5.41) is 24.6. The van der Waals surface area contributed by atoms with E-state index in [9.17, 15) is 39.0 Å². The molecule has 4 rings (SSSR count). The first-order valence-electron chi connectivity index (χ1n) is 11.2. The molecule has 6 atom stereocenters. The van der Waals surface area contributed by atoms with E-state index in [-0.39, 0.29) is 36.6 Å². The van der Waals surface area contributed by atoms with Crippen LogP contribution < -0.4 is 11.1 Å². The lowest BCUT2D eigenvalue weighted by Gasteiger charge is -2.52. The lowest BCUT2D eigenvalue weighted by molar-refractivity contribution is -0.181. The monoisotopic (exact) mass is 485 g/mol. The van der Waals surface area contributed by atoms with Gasteiger partial charge in [-0.2, -0.15) is 0 Å². The van der Waals surface area contributed by atoms with Crippen LogP contribution in [0, 0.1) is 23.7 Å². The van der Waals surface area contributed by atoms with Crippen LogP contribution in [0.3, 0.4) is 0 Å². The summed E-state index contributed by atoms with van der Waals surface area (Å²) in [4.78, 5) is 78.3. The number of aromatic hydroxyl groups is 1. The predicted molar refractivity (Wildman–Crippen MR) is 119 cm³/mol. The lowest BCUT2D eigenvalue weighted by Crippen LogP contribution is -2.74. The molecular weight excluding hydrogens is 458 g/mol. The average molecular weight is 485 g/mol. The van der Waals surface area contributed by atoms with Gasteiger partial charge in [-0.25, -0.2) is 0 Å². The number of likely N-dealkylation sites (N-methyl/N-ethyl adjacent to an activating group) is 1. The number of fused-ring (bicyclic) bond motifs is 3. The zero-order valence-electron chi connectivity index (χ0n) is 19.5. The zero-order valence-corrected chi connectivity index (χ0v) is 19.5. The van der Waals surface area contributed by atoms with E-state index in [2.05, 4.69) is 5.32 Å². The van der Waals surface area contributed by atoms with E-state index in [0.717, 1.165) is 0 Å². The summed E-state index contributed by atoms with van der Waals surface area (Å²) >= 11 is 0. The molecule has 3 aliphatic rings. The molecule has 0 radical (unpaired) electrons. The molecule has 2 fully saturated rings. The fourth-order valence-electron chi connectivity index (χ4n) is 6.05. The number of aliphatic hydroxyl groups is 1. The van der Waals surface area contributed by atoms with Crippen molar-refractivity contribution in [2.24, 2.45) is 29.4 Å². The fourth-order valence-corrected chi connectivity index (χ4v) is 6.05. The fraction of sp³-hybridized carbons (Fsp3) is 0.500. The molecule has 1 aromatic rings. The Bertz CT molecular complexity index is 1190. The first-order chi connectivity index (χ1) is 16.3. The van der Waals surface area contributed by atoms with Gasteiger partial charge in [0, 0.05) is 19.4 Å². The third-order valence-electron chi connectivity index (χ3n) is 7.57. The van der Waals surface area contributed by atoms with Gasteiger partial charge in [0.15, 0.2) is 34.7 Å². The Labute approximate surface area is 200 Å². The largest absolute Gasteiger partial charge is 0.507 e. The number of Topliss-reactive ketones (excluding diaryl/α,β-unsaturated/α-hetero) is 4. The van der Waals surface area contributed by atoms with Crippen molar-refractivity contribution in [2.45, 2.75) is 38.0 Å². The second kappa shape index (κ2) is 8.35. The number of amides is 2. The van der Waals surface area contributed by atoms with Gasteiger partial charge >= 0.3 is 0 Å². The van der Waals surface area contributed by atoms with Crippen molar-refractivity contribution in [3.8, 4) is 5.75 Å². The molecule has 1 aromatic carbocycles. The molecule has 0 heterocycles. The molecule has 2 saturated carbocycles. The van der Waals surface area contributed by atoms with Crippen molar-refractivity contribution < 1.29 is 39.0 Å². The third-order valence-corrected chi connectivity index (χ3v) is 7.57. The molecule has 2 unspecified atom stereocenters. The Balaban J connectivity index is 1.84. The van der Waals surface area contributed by atoms with Gasteiger partial charge in [-0.3, -0.25) is 33.7 Å². The van der Waals surface area contributed by atoms with Crippen molar-refractivity contribution in [1.82, 2.24) is 10.2 Å². The topological polar surface area (TPSA) is 184 Å². The quantitative estimate of drug-likeness (QED) is 0.369. The van der Waals surface area contributed by atoms with E-state index in [1.807, 2.05) is 0 Å². The minimum atomic E-state index is -2.75. The van der Waals surface area contributed by atoms with E-state index in [0.29, 0.717) is 11.1 Å². The highest BCUT2D eigenvalue weighted by Gasteiger charge is 2.69. The molecule has 35 heavy (non-hydrogen) atoms. The molecule has 0 spiro atoms. The molecule has 0 aromatic heterocycles. The van der Waals surface area contributed by atoms with Gasteiger partial charge in [-0.15, -0.1) is 0 Å². The van der Waals surface area contributed by atoms with Crippen molar-refractivity contribution >= 4 is 34.9 Å². The highest BCUT2D eigenvalue weighted by molar-refractivity contribution is 6.32. The van der Waals surface area contributed by atoms with Crippen molar-refractivity contribution in [3.63, 3.8) is 0 Å². The summed E-state index contributed by atoms with van der Waals surface area (Å²) in [6.07, 6.45) is 0.119. The zero-order chi connectivity index (χ0) is 26.0. The number of benzene rings is 1. The summed E-state index contributed by atoms with van der Waals surface area (Å²) in [5.74, 6) is -11.2. The summed E-state index contributed by atoms with van der Waals surface area (Å²) in [5.41, 5.74) is 3.50. The first kappa shape index (κ1) is 24.7. The highest BCUT2D eigenvalue weighted by atomic mass is 16.3. The Morgan fingerprint density at radius 3 is 2.40 bits per heavy atom. The van der Waals surface area contributed by atoms with Crippen molar-refractivity contribution in [1.29, 1.82) is 0 Å². The van der Waals surface area contributed by atoms with Crippen LogP contribution in [0.5, 0.6) is 5.75 Å². The average Bonchev–Trinajstić information content (AvgIpc) is 2.75. The normalized spacial score (nSPS) is 32.1. The number of carbonyl (C=O) groups excluding carboxylic acids is 6. The third kappa shape index (κ3) is 3.49. The molecule has 11 heteroatoms. The van der Waals surface area contributed by atoms with Gasteiger partial charge < -0.3 is 21.3 Å². The van der Waals surface area contributed by atoms with Gasteiger partial charge in [0.25, 0.3) is 0 Å². The van der Waals surface area contributed by atoms with Crippen LogP contribution in [0.1, 0.15) is 34.8 Å². The minimum Gasteiger partial charge on any atom is -0.507 e. The van der Waals surface area contributed by atoms with Gasteiger partial charge in [0.2, 0.25) is 11.8 Å². The Morgan fingerprint density at radius 1 is 1.17 bits per heavy atom. The lowest BCUT2D eigenvalue weighted by atomic mass is 9.52. The molecule has 11 nitrogen and oxygen atoms in total. The summed E-state index contributed by atoms with van der Waals surface area (Å²) < 4.78 is 0. The second-order valence-electron chi connectivity index (χ2n) is 9.80. The summed E-state index contributed by atoms with van der Waals surface area (Å²) in [6, 6.07) is 1.71. The number of ketones is 4. The Morgan fingerprint density at radius 2 is 1.83 bits per heavy atom. The number of phenols is 1. The number of hydrogen-bond acceptors (Lipinski definition) is 9. The van der Waals surface area contributed by atoms with E-state index >= 15 is 0 Å². The van der Waals surface area contributed by atoms with Crippen LogP contribution in [0.25, 0.3) is 0 Å². The van der Waals surface area contributed by atoms with E-state index < -0.39 is 64.4 Å². The van der Waals surface area contributed by atoms with Crippen LogP contribution in [0.4, 0.5) is 0 Å². The molecule has 0 aliphatic heterocycles. The number of primary amides is 1. The smallest absolute Gasteiger partial charge is 0.235 e. The van der Waals surface area contributed by atoms with Gasteiger partial charge in [-0.1, -0.05) is 6.07 Å². The molecule has 0 bridgehead atoms. The molecular formula is C24H27N3O8. The molecule has 2 amide bonds. The van der Waals surface area contributed by atoms with E-state index in [1.54, 1.807) is 6.07 Å². The highest BCUT2D eigenvalue weighted by Crippen LogP contribution is 2.50. The predicted octanol–water partition coefficient (Wildman–Crippen LogP) is -1.50. The SMILES string of the molecule is CC(=O)NCc1ccc(O)c2c1C[C@H]1C[C@H]3[C@H](N(C)C)C(=O)C(C(N)=O)C(=O)[C@@]3(O)C(=O)C1C2=O. The molecule has 5 N–H and O–H groups in total. The van der Waals surface area contributed by atoms with Crippen molar-refractivity contribution in [2.75, 3.05) is 14.1 Å². The Hall–Kier alpha value is -3.44. The number of nitrogens with one attached hydrogen (secondary N) is 1. The van der Waals surface area contributed by atoms with Gasteiger partial charge in [-0.05, 0) is 50.0 Å².